The summed E-state index contributed by atoms with van der Waals surface area (Å²) in [5.74, 6) is -1.81. The number of ether oxygens (including phenoxy) is 1. The van der Waals surface area contributed by atoms with Crippen LogP contribution in [0.3, 0.4) is 0 Å². The van der Waals surface area contributed by atoms with Crippen LogP contribution in [0, 0.1) is 5.82 Å². The first-order valence-corrected chi connectivity index (χ1v) is 6.86. The molecule has 0 aliphatic carbocycles. The van der Waals surface area contributed by atoms with Crippen LogP contribution in [0.2, 0.25) is 5.02 Å². The molecular weight excluding hydrogens is 309 g/mol. The van der Waals surface area contributed by atoms with Crippen LogP contribution in [0.4, 0.5) is 10.1 Å². The Morgan fingerprint density at radius 3 is 2.50 bits per heavy atom. The lowest BCUT2D eigenvalue weighted by atomic mass is 10.2. The molecule has 0 aliphatic rings. The number of amides is 1. The molecule has 2 aromatic rings. The highest BCUT2D eigenvalue weighted by Crippen LogP contribution is 2.14. The van der Waals surface area contributed by atoms with E-state index in [1.807, 2.05) is 0 Å². The maximum absolute atomic E-state index is 13.0. The molecular formula is C16H13ClFNO3. The topological polar surface area (TPSA) is 55.4 Å². The van der Waals surface area contributed by atoms with Crippen LogP contribution in [-0.2, 0) is 9.53 Å². The number of anilines is 1. The Bertz CT molecular complexity index is 688. The quantitative estimate of drug-likeness (QED) is 0.874. The Kier molecular flexibility index (Phi) is 5.12. The van der Waals surface area contributed by atoms with E-state index in [9.17, 15) is 14.0 Å². The first-order valence-electron chi connectivity index (χ1n) is 6.48. The van der Waals surface area contributed by atoms with E-state index in [4.69, 9.17) is 16.3 Å². The third kappa shape index (κ3) is 4.30. The lowest BCUT2D eigenvalue weighted by Gasteiger charge is -2.13. The molecule has 0 unspecified atom stereocenters. The summed E-state index contributed by atoms with van der Waals surface area (Å²) in [4.78, 5) is 23.8. The maximum atomic E-state index is 13.0. The van der Waals surface area contributed by atoms with E-state index in [0.717, 1.165) is 6.07 Å². The molecule has 0 heterocycles. The van der Waals surface area contributed by atoms with Gasteiger partial charge in [-0.2, -0.15) is 0 Å². The number of esters is 1. The van der Waals surface area contributed by atoms with Crippen molar-refractivity contribution < 1.29 is 18.7 Å². The molecule has 2 aromatic carbocycles. The molecule has 1 amide bonds. The molecule has 114 valence electrons. The highest BCUT2D eigenvalue weighted by atomic mass is 35.5. The van der Waals surface area contributed by atoms with E-state index in [1.54, 1.807) is 24.3 Å². The minimum atomic E-state index is -1.02. The highest BCUT2D eigenvalue weighted by Gasteiger charge is 2.19. The molecule has 0 radical (unpaired) electrons. The van der Waals surface area contributed by atoms with Gasteiger partial charge in [0.1, 0.15) is 5.82 Å². The fraction of sp³-hybridized carbons (Fsp3) is 0.125. The van der Waals surface area contributed by atoms with Crippen LogP contribution in [-0.4, -0.2) is 18.0 Å². The van der Waals surface area contributed by atoms with Crippen molar-refractivity contribution in [2.75, 3.05) is 5.32 Å². The van der Waals surface area contributed by atoms with Gasteiger partial charge in [0.2, 0.25) is 0 Å². The molecule has 4 nitrogen and oxygen atoms in total. The van der Waals surface area contributed by atoms with Crippen molar-refractivity contribution in [1.29, 1.82) is 0 Å². The second-order valence-electron chi connectivity index (χ2n) is 4.55. The number of carbonyl (C=O) groups is 2. The third-order valence-corrected chi connectivity index (χ3v) is 3.08. The van der Waals surface area contributed by atoms with Crippen LogP contribution < -0.4 is 5.32 Å². The normalized spacial score (nSPS) is 11.6. The lowest BCUT2D eigenvalue weighted by molar-refractivity contribution is -0.123. The Hall–Kier alpha value is -2.40. The largest absolute Gasteiger partial charge is 0.449 e. The van der Waals surface area contributed by atoms with E-state index in [2.05, 4.69) is 5.32 Å². The van der Waals surface area contributed by atoms with Crippen LogP contribution in [0.25, 0.3) is 0 Å². The first-order chi connectivity index (χ1) is 10.5. The van der Waals surface area contributed by atoms with Crippen molar-refractivity contribution in [3.05, 3.63) is 64.9 Å². The van der Waals surface area contributed by atoms with Gasteiger partial charge in [-0.15, -0.1) is 0 Å². The van der Waals surface area contributed by atoms with E-state index >= 15 is 0 Å². The average molecular weight is 322 g/mol. The Morgan fingerprint density at radius 1 is 1.18 bits per heavy atom. The van der Waals surface area contributed by atoms with Gasteiger partial charge < -0.3 is 10.1 Å². The molecule has 0 spiro atoms. The summed E-state index contributed by atoms with van der Waals surface area (Å²) in [6.45, 7) is 1.43. The molecule has 0 saturated heterocycles. The van der Waals surface area contributed by atoms with Gasteiger partial charge in [0, 0.05) is 10.7 Å². The number of carbonyl (C=O) groups excluding carboxylic acids is 2. The summed E-state index contributed by atoms with van der Waals surface area (Å²) in [5.41, 5.74) is 0.578. The smallest absolute Gasteiger partial charge is 0.339 e. The second kappa shape index (κ2) is 7.04. The summed E-state index contributed by atoms with van der Waals surface area (Å²) in [6, 6.07) is 11.6. The SMILES string of the molecule is C[C@@H](OC(=O)c1cccc(F)c1)C(=O)Nc1ccc(Cl)cc1. The first kappa shape index (κ1) is 16.0. The molecule has 1 N–H and O–H groups in total. The van der Waals surface area contributed by atoms with Gasteiger partial charge in [-0.3, -0.25) is 4.79 Å². The minimum absolute atomic E-state index is 0.0474. The molecule has 0 aliphatic heterocycles. The molecule has 22 heavy (non-hydrogen) atoms. The zero-order valence-electron chi connectivity index (χ0n) is 11.7. The van der Waals surface area contributed by atoms with Crippen molar-refractivity contribution in [1.82, 2.24) is 0 Å². The standard InChI is InChI=1S/C16H13ClFNO3/c1-10(15(20)19-14-7-5-12(17)6-8-14)22-16(21)11-3-2-4-13(18)9-11/h2-10H,1H3,(H,19,20)/t10-/m1/s1. The number of halogens is 2. The minimum Gasteiger partial charge on any atom is -0.449 e. The van der Waals surface area contributed by atoms with E-state index in [0.29, 0.717) is 10.7 Å². The molecule has 6 heteroatoms. The third-order valence-electron chi connectivity index (χ3n) is 2.83. The maximum Gasteiger partial charge on any atom is 0.339 e. The fourth-order valence-corrected chi connectivity index (χ4v) is 1.80. The fourth-order valence-electron chi connectivity index (χ4n) is 1.67. The van der Waals surface area contributed by atoms with E-state index in [-0.39, 0.29) is 5.56 Å². The van der Waals surface area contributed by atoms with Crippen LogP contribution >= 0.6 is 11.6 Å². The number of rotatable bonds is 4. The summed E-state index contributed by atoms with van der Waals surface area (Å²) in [7, 11) is 0. The van der Waals surface area contributed by atoms with Crippen molar-refractivity contribution in [3.8, 4) is 0 Å². The van der Waals surface area contributed by atoms with Crippen molar-refractivity contribution in [2.24, 2.45) is 0 Å². The number of hydrogen-bond acceptors (Lipinski definition) is 3. The summed E-state index contributed by atoms with van der Waals surface area (Å²) in [6.07, 6.45) is -1.02. The summed E-state index contributed by atoms with van der Waals surface area (Å²) in [5, 5.41) is 3.13. The monoisotopic (exact) mass is 321 g/mol. The molecule has 1 atom stereocenters. The summed E-state index contributed by atoms with van der Waals surface area (Å²) >= 11 is 5.75. The van der Waals surface area contributed by atoms with Crippen LogP contribution in [0.1, 0.15) is 17.3 Å². The molecule has 0 saturated carbocycles. The van der Waals surface area contributed by atoms with Gasteiger partial charge in [-0.05, 0) is 49.4 Å². The molecule has 2 rings (SSSR count). The number of benzene rings is 2. The van der Waals surface area contributed by atoms with E-state index < -0.39 is 23.8 Å². The highest BCUT2D eigenvalue weighted by molar-refractivity contribution is 6.30. The van der Waals surface area contributed by atoms with E-state index in [1.165, 1.54) is 25.1 Å². The van der Waals surface area contributed by atoms with Gasteiger partial charge in [-0.25, -0.2) is 9.18 Å². The molecule has 0 bridgehead atoms. The Balaban J connectivity index is 1.96. The van der Waals surface area contributed by atoms with Crippen molar-refractivity contribution >= 4 is 29.2 Å². The van der Waals surface area contributed by atoms with Crippen molar-refractivity contribution in [2.45, 2.75) is 13.0 Å². The number of nitrogens with one attached hydrogen (secondary N) is 1. The van der Waals surface area contributed by atoms with Gasteiger partial charge in [0.25, 0.3) is 5.91 Å². The zero-order valence-corrected chi connectivity index (χ0v) is 12.4. The van der Waals surface area contributed by atoms with Gasteiger partial charge in [0.05, 0.1) is 5.56 Å². The summed E-state index contributed by atoms with van der Waals surface area (Å²) < 4.78 is 18.1. The molecule has 0 fully saturated rings. The van der Waals surface area contributed by atoms with Crippen molar-refractivity contribution in [3.63, 3.8) is 0 Å². The van der Waals surface area contributed by atoms with Crippen LogP contribution in [0.15, 0.2) is 48.5 Å². The number of hydrogen-bond donors (Lipinski definition) is 1. The average Bonchev–Trinajstić information content (AvgIpc) is 2.49. The lowest BCUT2D eigenvalue weighted by Crippen LogP contribution is -2.30. The van der Waals surface area contributed by atoms with Crippen LogP contribution in [0.5, 0.6) is 0 Å². The van der Waals surface area contributed by atoms with Gasteiger partial charge in [0.15, 0.2) is 6.10 Å². The van der Waals surface area contributed by atoms with Gasteiger partial charge in [-0.1, -0.05) is 17.7 Å². The zero-order chi connectivity index (χ0) is 16.1. The Labute approximate surface area is 131 Å². The second-order valence-corrected chi connectivity index (χ2v) is 4.99. The molecule has 0 aromatic heterocycles. The predicted octanol–water partition coefficient (Wildman–Crippen LogP) is 3.66. The Morgan fingerprint density at radius 2 is 1.86 bits per heavy atom. The van der Waals surface area contributed by atoms with Gasteiger partial charge >= 0.3 is 5.97 Å². The predicted molar refractivity (Wildman–Crippen MR) is 81.4 cm³/mol.